The summed E-state index contributed by atoms with van der Waals surface area (Å²) in [6.07, 6.45) is 0.868. The van der Waals surface area contributed by atoms with Crippen molar-refractivity contribution >= 4 is 17.5 Å². The van der Waals surface area contributed by atoms with Crippen molar-refractivity contribution in [3.8, 4) is 0 Å². The van der Waals surface area contributed by atoms with Gasteiger partial charge in [0.2, 0.25) is 0 Å². The summed E-state index contributed by atoms with van der Waals surface area (Å²) in [5.74, 6) is 1.25. The highest BCUT2D eigenvalue weighted by Gasteiger charge is 1.83. The van der Waals surface area contributed by atoms with Crippen LogP contribution in [0.15, 0.2) is 41.4 Å². The average molecular weight is 161 g/mol. The smallest absolute Gasteiger partial charge is 0.337 e. The monoisotopic (exact) mass is 161 g/mol. The molecule has 0 aliphatic rings. The van der Waals surface area contributed by atoms with Crippen LogP contribution in [0.5, 0.6) is 0 Å². The van der Waals surface area contributed by atoms with E-state index in [1.54, 1.807) is 12.1 Å². The van der Waals surface area contributed by atoms with Gasteiger partial charge in [-0.25, -0.2) is 9.79 Å². The number of rotatable bonds is 2. The zero-order valence-corrected chi connectivity index (χ0v) is 6.27. The van der Waals surface area contributed by atoms with Crippen molar-refractivity contribution in [1.82, 2.24) is 0 Å². The number of para-hydroxylation sites is 1. The van der Waals surface area contributed by atoms with Crippen LogP contribution in [-0.2, 0) is 4.79 Å². The van der Waals surface area contributed by atoms with Gasteiger partial charge in [0, 0.05) is 0 Å². The molecule has 0 saturated carbocycles. The lowest BCUT2D eigenvalue weighted by Crippen LogP contribution is -1.85. The highest BCUT2D eigenvalue weighted by molar-refractivity contribution is 5.89. The molecule has 0 aliphatic carbocycles. The molecule has 1 aromatic carbocycles. The van der Waals surface area contributed by atoms with Crippen molar-refractivity contribution in [2.45, 2.75) is 0 Å². The Morgan fingerprint density at radius 2 is 2.08 bits per heavy atom. The van der Waals surface area contributed by atoms with Crippen LogP contribution >= 0.6 is 0 Å². The molecule has 0 fully saturated rings. The summed E-state index contributed by atoms with van der Waals surface area (Å²) in [4.78, 5) is 13.8. The van der Waals surface area contributed by atoms with E-state index < -0.39 is 5.97 Å². The Labute approximate surface area is 69.7 Å². The van der Waals surface area contributed by atoms with Crippen molar-refractivity contribution in [3.63, 3.8) is 0 Å². The van der Waals surface area contributed by atoms with Gasteiger partial charge >= 0.3 is 5.97 Å². The maximum Gasteiger partial charge on any atom is 0.337 e. The molecule has 12 heavy (non-hydrogen) atoms. The van der Waals surface area contributed by atoms with Gasteiger partial charge in [-0.2, -0.15) is 0 Å². The van der Waals surface area contributed by atoms with E-state index in [1.807, 2.05) is 18.2 Å². The van der Waals surface area contributed by atoms with Crippen LogP contribution in [0, 0.1) is 0 Å². The third-order valence-electron chi connectivity index (χ3n) is 1.14. The molecule has 0 heterocycles. The molecule has 0 bridgehead atoms. The molecule has 3 heteroatoms. The lowest BCUT2D eigenvalue weighted by molar-refractivity contribution is -0.131. The third kappa shape index (κ3) is 2.82. The molecule has 0 amide bonds. The molecule has 0 aromatic heterocycles. The van der Waals surface area contributed by atoms with Crippen LogP contribution in [0.1, 0.15) is 0 Å². The number of hydrogen-bond acceptors (Lipinski definition) is 2. The highest BCUT2D eigenvalue weighted by Crippen LogP contribution is 2.07. The van der Waals surface area contributed by atoms with Crippen LogP contribution in [0.25, 0.3) is 0 Å². The fourth-order valence-corrected chi connectivity index (χ4v) is 0.665. The Morgan fingerprint density at radius 1 is 1.42 bits per heavy atom. The molecule has 0 unspecified atom stereocenters. The fourth-order valence-electron chi connectivity index (χ4n) is 0.665. The number of carboxylic acid groups (broad SMARTS) is 1. The topological polar surface area (TPSA) is 49.7 Å². The number of carbonyl (C=O) groups is 1. The van der Waals surface area contributed by atoms with E-state index in [4.69, 9.17) is 5.11 Å². The van der Waals surface area contributed by atoms with Gasteiger partial charge in [0.1, 0.15) is 0 Å². The summed E-state index contributed by atoms with van der Waals surface area (Å²) in [5.41, 5.74) is 0.690. The minimum Gasteiger partial charge on any atom is -0.478 e. The molecule has 3 nitrogen and oxygen atoms in total. The second kappa shape index (κ2) is 4.11. The Morgan fingerprint density at radius 3 is 2.67 bits per heavy atom. The number of nitrogens with zero attached hydrogens (tertiary/aromatic N) is 1. The van der Waals surface area contributed by atoms with Crippen molar-refractivity contribution in [1.29, 1.82) is 0 Å². The summed E-state index contributed by atoms with van der Waals surface area (Å²) in [5, 5.41) is 8.21. The van der Waals surface area contributed by atoms with Gasteiger partial charge < -0.3 is 5.11 Å². The number of carboxylic acids is 1. The molecule has 60 valence electrons. The number of benzene rings is 1. The first-order valence-electron chi connectivity index (χ1n) is 3.36. The normalized spacial score (nSPS) is 8.33. The van der Waals surface area contributed by atoms with E-state index in [0.29, 0.717) is 5.69 Å². The van der Waals surface area contributed by atoms with Gasteiger partial charge in [0.05, 0.1) is 11.8 Å². The van der Waals surface area contributed by atoms with E-state index in [0.717, 1.165) is 6.08 Å². The van der Waals surface area contributed by atoms with E-state index >= 15 is 0 Å². The van der Waals surface area contributed by atoms with Gasteiger partial charge in [-0.15, -0.1) is 0 Å². The average Bonchev–Trinajstić information content (AvgIpc) is 2.05. The molecule has 0 saturated heterocycles. The predicted molar refractivity (Wildman–Crippen MR) is 45.7 cm³/mol. The van der Waals surface area contributed by atoms with Crippen LogP contribution in [-0.4, -0.2) is 16.9 Å². The van der Waals surface area contributed by atoms with Crippen LogP contribution in [0.2, 0.25) is 0 Å². The van der Waals surface area contributed by atoms with Crippen molar-refractivity contribution < 1.29 is 9.90 Å². The largest absolute Gasteiger partial charge is 0.478 e. The summed E-state index contributed by atoms with van der Waals surface area (Å²) < 4.78 is 0. The second-order valence-electron chi connectivity index (χ2n) is 2.06. The van der Waals surface area contributed by atoms with Crippen molar-refractivity contribution in [2.75, 3.05) is 0 Å². The van der Waals surface area contributed by atoms with Crippen molar-refractivity contribution in [2.24, 2.45) is 4.99 Å². The van der Waals surface area contributed by atoms with E-state index in [9.17, 15) is 4.79 Å². The SMILES string of the molecule is O=C(O)C=C=Nc1ccccc1. The van der Waals surface area contributed by atoms with E-state index in [-0.39, 0.29) is 0 Å². The Kier molecular flexibility index (Phi) is 2.82. The van der Waals surface area contributed by atoms with Crippen LogP contribution in [0.4, 0.5) is 5.69 Å². The third-order valence-corrected chi connectivity index (χ3v) is 1.14. The maximum absolute atomic E-state index is 10.0. The standard InChI is InChI=1S/C9H7NO2/c11-9(12)6-7-10-8-4-2-1-3-5-8/h1-6H,(H,11,12). The second-order valence-corrected chi connectivity index (χ2v) is 2.06. The Balaban J connectivity index is 2.77. The van der Waals surface area contributed by atoms with Gasteiger partial charge in [-0.05, 0) is 18.0 Å². The molecule has 0 spiro atoms. The molecule has 0 atom stereocenters. The summed E-state index contributed by atoms with van der Waals surface area (Å²) >= 11 is 0. The van der Waals surface area contributed by atoms with Crippen molar-refractivity contribution in [3.05, 3.63) is 36.4 Å². The Hall–Kier alpha value is -1.86. The zero-order chi connectivity index (χ0) is 8.81. The highest BCUT2D eigenvalue weighted by atomic mass is 16.4. The number of aliphatic imine (C=N–C) groups is 1. The first kappa shape index (κ1) is 8.24. The summed E-state index contributed by atoms with van der Waals surface area (Å²) in [6.45, 7) is 0. The maximum atomic E-state index is 10.0. The Bertz CT molecular complexity index is 324. The molecule has 1 rings (SSSR count). The first-order valence-corrected chi connectivity index (χ1v) is 3.36. The molecule has 1 N–H and O–H groups in total. The zero-order valence-electron chi connectivity index (χ0n) is 6.27. The predicted octanol–water partition coefficient (Wildman–Crippen LogP) is 1.63. The van der Waals surface area contributed by atoms with Gasteiger partial charge in [-0.1, -0.05) is 18.2 Å². The quantitative estimate of drug-likeness (QED) is 0.529. The molecular formula is C9H7NO2. The number of aliphatic carboxylic acids is 1. The minimum absolute atomic E-state index is 0.690. The summed E-state index contributed by atoms with van der Waals surface area (Å²) in [7, 11) is 0. The minimum atomic E-state index is -1.05. The van der Waals surface area contributed by atoms with Crippen LogP contribution < -0.4 is 0 Å². The summed E-state index contributed by atoms with van der Waals surface area (Å²) in [6, 6.07) is 9.04. The van der Waals surface area contributed by atoms with Crippen LogP contribution in [0.3, 0.4) is 0 Å². The lowest BCUT2D eigenvalue weighted by atomic mass is 10.3. The van der Waals surface area contributed by atoms with E-state index in [1.165, 1.54) is 0 Å². The molecule has 1 aromatic rings. The van der Waals surface area contributed by atoms with Gasteiger partial charge in [0.15, 0.2) is 0 Å². The molecule has 0 aliphatic heterocycles. The molecule has 0 radical (unpaired) electrons. The molecular weight excluding hydrogens is 154 g/mol. The number of hydrogen-bond donors (Lipinski definition) is 1. The first-order chi connectivity index (χ1) is 5.79. The van der Waals surface area contributed by atoms with Gasteiger partial charge in [-0.3, -0.25) is 0 Å². The lowest BCUT2D eigenvalue weighted by Gasteiger charge is -1.85. The fraction of sp³-hybridized carbons (Fsp3) is 0. The van der Waals surface area contributed by atoms with E-state index in [2.05, 4.69) is 10.9 Å². The van der Waals surface area contributed by atoms with Gasteiger partial charge in [0.25, 0.3) is 0 Å².